The quantitative estimate of drug-likeness (QED) is 0.642. The van der Waals surface area contributed by atoms with Crippen LogP contribution >= 0.6 is 0 Å². The fraction of sp³-hybridized carbons (Fsp3) is 0.533. The van der Waals surface area contributed by atoms with Gasteiger partial charge in [-0.1, -0.05) is 26.3 Å². The van der Waals surface area contributed by atoms with E-state index in [2.05, 4.69) is 20.8 Å². The third-order valence-corrected chi connectivity index (χ3v) is 2.82. The van der Waals surface area contributed by atoms with Crippen molar-refractivity contribution in [3.05, 3.63) is 36.2 Å². The number of unbranched alkanes of at least 4 members (excludes halogenated alkanes) is 1. The predicted molar refractivity (Wildman–Crippen MR) is 70.3 cm³/mol. The molecule has 0 N–H and O–H groups in total. The van der Waals surface area contributed by atoms with Gasteiger partial charge in [-0.2, -0.15) is 0 Å². The van der Waals surface area contributed by atoms with Crippen molar-refractivity contribution in [3.8, 4) is 5.75 Å². The average molecular weight is 237 g/mol. The van der Waals surface area contributed by atoms with Crippen molar-refractivity contribution in [2.24, 2.45) is 0 Å². The molecule has 0 fully saturated rings. The summed E-state index contributed by atoms with van der Waals surface area (Å²) in [4.78, 5) is 0. The van der Waals surface area contributed by atoms with Crippen LogP contribution < -0.4 is 4.74 Å². The van der Waals surface area contributed by atoms with Crippen molar-refractivity contribution in [3.63, 3.8) is 0 Å². The van der Waals surface area contributed by atoms with Crippen molar-refractivity contribution in [2.45, 2.75) is 39.0 Å². The van der Waals surface area contributed by atoms with Crippen LogP contribution in [0.15, 0.2) is 18.2 Å². The van der Waals surface area contributed by atoms with Gasteiger partial charge in [-0.05, 0) is 43.0 Å². The normalized spacial score (nSPS) is 12.5. The molecule has 0 bridgehead atoms. The molecule has 2 heteroatoms. The Kier molecular flexibility index (Phi) is 6.03. The van der Waals surface area contributed by atoms with E-state index in [1.165, 1.54) is 5.56 Å². The molecular weight excluding hydrogens is 215 g/mol. The van der Waals surface area contributed by atoms with Crippen LogP contribution in [-0.2, 0) is 6.42 Å². The Morgan fingerprint density at radius 2 is 2.06 bits per heavy atom. The van der Waals surface area contributed by atoms with Gasteiger partial charge in [0, 0.05) is 5.92 Å². The van der Waals surface area contributed by atoms with Gasteiger partial charge in [-0.25, -0.2) is 0 Å². The SMILES string of the molecule is [CH2]C(CF)c1cc(CC)cc(OCCCC)c1. The van der Waals surface area contributed by atoms with Crippen LogP contribution in [-0.4, -0.2) is 13.3 Å². The first-order chi connectivity index (χ1) is 8.21. The monoisotopic (exact) mass is 237 g/mol. The molecule has 0 heterocycles. The van der Waals surface area contributed by atoms with Gasteiger partial charge >= 0.3 is 0 Å². The molecule has 0 aliphatic heterocycles. The molecule has 0 spiro atoms. The van der Waals surface area contributed by atoms with Crippen molar-refractivity contribution >= 4 is 0 Å². The largest absolute Gasteiger partial charge is 0.494 e. The van der Waals surface area contributed by atoms with E-state index in [0.717, 1.165) is 37.2 Å². The predicted octanol–water partition coefficient (Wildman–Crippen LogP) is 4.32. The highest BCUT2D eigenvalue weighted by Gasteiger charge is 2.08. The Labute approximate surface area is 104 Å². The first kappa shape index (κ1) is 14.0. The minimum absolute atomic E-state index is 0.296. The van der Waals surface area contributed by atoms with E-state index < -0.39 is 6.67 Å². The van der Waals surface area contributed by atoms with Crippen LogP contribution in [0.5, 0.6) is 5.75 Å². The molecule has 0 saturated carbocycles. The number of ether oxygens (including phenoxy) is 1. The molecule has 1 aromatic rings. The molecule has 0 aromatic heterocycles. The van der Waals surface area contributed by atoms with E-state index >= 15 is 0 Å². The highest BCUT2D eigenvalue weighted by atomic mass is 19.1. The molecule has 0 aliphatic rings. The molecule has 1 atom stereocenters. The zero-order valence-corrected chi connectivity index (χ0v) is 10.8. The molecule has 1 aromatic carbocycles. The van der Waals surface area contributed by atoms with Gasteiger partial charge in [-0.3, -0.25) is 4.39 Å². The highest BCUT2D eigenvalue weighted by Crippen LogP contribution is 2.24. The summed E-state index contributed by atoms with van der Waals surface area (Å²) in [6, 6.07) is 5.96. The number of hydrogen-bond acceptors (Lipinski definition) is 1. The van der Waals surface area contributed by atoms with Crippen molar-refractivity contribution < 1.29 is 9.13 Å². The Hall–Kier alpha value is -1.05. The second-order valence-corrected chi connectivity index (χ2v) is 4.32. The zero-order valence-electron chi connectivity index (χ0n) is 10.8. The molecule has 0 aliphatic carbocycles. The maximum Gasteiger partial charge on any atom is 0.119 e. The third kappa shape index (κ3) is 4.37. The summed E-state index contributed by atoms with van der Waals surface area (Å²) in [6.45, 7) is 8.32. The summed E-state index contributed by atoms with van der Waals surface area (Å²) in [5.41, 5.74) is 2.11. The molecule has 95 valence electrons. The standard InChI is InChI=1S/C15H22FO/c1-4-6-7-17-15-9-13(5-2)8-14(10-15)12(3)11-16/h8-10,12H,3-7,11H2,1-2H3. The summed E-state index contributed by atoms with van der Waals surface area (Å²) in [7, 11) is 0. The summed E-state index contributed by atoms with van der Waals surface area (Å²) in [5.74, 6) is 0.546. The van der Waals surface area contributed by atoms with Gasteiger partial charge in [0.1, 0.15) is 5.75 Å². The van der Waals surface area contributed by atoms with E-state index in [9.17, 15) is 4.39 Å². The van der Waals surface area contributed by atoms with Gasteiger partial charge in [0.15, 0.2) is 0 Å². The van der Waals surface area contributed by atoms with E-state index in [4.69, 9.17) is 4.74 Å². The molecular formula is C15H22FO. The second kappa shape index (κ2) is 7.31. The zero-order chi connectivity index (χ0) is 12.7. The van der Waals surface area contributed by atoms with Gasteiger partial charge in [0.25, 0.3) is 0 Å². The van der Waals surface area contributed by atoms with Gasteiger partial charge in [0.2, 0.25) is 0 Å². The van der Waals surface area contributed by atoms with E-state index in [0.29, 0.717) is 0 Å². The fourth-order valence-corrected chi connectivity index (χ4v) is 1.63. The number of hydrogen-bond donors (Lipinski definition) is 0. The van der Waals surface area contributed by atoms with Crippen molar-refractivity contribution in [2.75, 3.05) is 13.3 Å². The van der Waals surface area contributed by atoms with E-state index in [-0.39, 0.29) is 5.92 Å². The Morgan fingerprint density at radius 1 is 1.29 bits per heavy atom. The maximum absolute atomic E-state index is 12.6. The average Bonchev–Trinajstić information content (AvgIpc) is 2.37. The van der Waals surface area contributed by atoms with Crippen LogP contribution in [0, 0.1) is 6.92 Å². The van der Waals surface area contributed by atoms with Crippen LogP contribution in [0.2, 0.25) is 0 Å². The van der Waals surface area contributed by atoms with Gasteiger partial charge < -0.3 is 4.74 Å². The lowest BCUT2D eigenvalue weighted by atomic mass is 9.99. The molecule has 0 amide bonds. The third-order valence-electron chi connectivity index (χ3n) is 2.82. The van der Waals surface area contributed by atoms with Crippen LogP contribution in [0.3, 0.4) is 0 Å². The van der Waals surface area contributed by atoms with E-state index in [1.54, 1.807) is 0 Å². The highest BCUT2D eigenvalue weighted by molar-refractivity contribution is 5.36. The summed E-state index contributed by atoms with van der Waals surface area (Å²) < 4.78 is 18.3. The number of alkyl halides is 1. The Bertz CT molecular complexity index is 336. The first-order valence-corrected chi connectivity index (χ1v) is 6.37. The number of benzene rings is 1. The van der Waals surface area contributed by atoms with Crippen LogP contribution in [0.4, 0.5) is 4.39 Å². The minimum Gasteiger partial charge on any atom is -0.494 e. The Balaban J connectivity index is 2.81. The lowest BCUT2D eigenvalue weighted by Gasteiger charge is -2.13. The second-order valence-electron chi connectivity index (χ2n) is 4.32. The molecule has 0 saturated heterocycles. The number of aryl methyl sites for hydroxylation is 1. The Morgan fingerprint density at radius 3 is 2.65 bits per heavy atom. The molecule has 1 nitrogen and oxygen atoms in total. The molecule has 1 unspecified atom stereocenters. The summed E-state index contributed by atoms with van der Waals surface area (Å²) >= 11 is 0. The lowest BCUT2D eigenvalue weighted by molar-refractivity contribution is 0.308. The van der Waals surface area contributed by atoms with Crippen LogP contribution in [0.25, 0.3) is 0 Å². The minimum atomic E-state index is -0.429. The number of rotatable bonds is 7. The topological polar surface area (TPSA) is 9.23 Å². The number of halogens is 1. The molecule has 17 heavy (non-hydrogen) atoms. The molecule has 1 rings (SSSR count). The van der Waals surface area contributed by atoms with Gasteiger partial charge in [0.05, 0.1) is 13.3 Å². The van der Waals surface area contributed by atoms with Gasteiger partial charge in [-0.15, -0.1) is 0 Å². The lowest BCUT2D eigenvalue weighted by Crippen LogP contribution is -2.01. The van der Waals surface area contributed by atoms with Crippen LogP contribution in [0.1, 0.15) is 43.7 Å². The van der Waals surface area contributed by atoms with Crippen molar-refractivity contribution in [1.29, 1.82) is 0 Å². The van der Waals surface area contributed by atoms with E-state index in [1.807, 2.05) is 18.2 Å². The van der Waals surface area contributed by atoms with Crippen molar-refractivity contribution in [1.82, 2.24) is 0 Å². The first-order valence-electron chi connectivity index (χ1n) is 6.37. The summed E-state index contributed by atoms with van der Waals surface area (Å²) in [5, 5.41) is 0. The fourth-order valence-electron chi connectivity index (χ4n) is 1.63. The summed E-state index contributed by atoms with van der Waals surface area (Å²) in [6.07, 6.45) is 3.09. The smallest absolute Gasteiger partial charge is 0.119 e. The maximum atomic E-state index is 12.6. The molecule has 1 radical (unpaired) electrons.